The van der Waals surface area contributed by atoms with Crippen molar-refractivity contribution in [3.63, 3.8) is 0 Å². The van der Waals surface area contributed by atoms with Crippen LogP contribution in [-0.2, 0) is 4.79 Å². The van der Waals surface area contributed by atoms with E-state index in [1.807, 2.05) is 24.3 Å². The van der Waals surface area contributed by atoms with Gasteiger partial charge in [0.15, 0.2) is 0 Å². The molecule has 25 heavy (non-hydrogen) atoms. The van der Waals surface area contributed by atoms with Crippen molar-refractivity contribution < 1.29 is 13.9 Å². The van der Waals surface area contributed by atoms with Crippen molar-refractivity contribution in [1.29, 1.82) is 0 Å². The number of hydrogen-bond acceptors (Lipinski definition) is 6. The van der Waals surface area contributed by atoms with Crippen molar-refractivity contribution in [1.82, 2.24) is 15.5 Å². The van der Waals surface area contributed by atoms with Crippen LogP contribution in [0.15, 0.2) is 33.9 Å². The average Bonchev–Trinajstić information content (AvgIpc) is 3.11. The van der Waals surface area contributed by atoms with Gasteiger partial charge in [-0.1, -0.05) is 18.7 Å². The molecular formula is C18H23N3O3S. The Morgan fingerprint density at radius 3 is 2.64 bits per heavy atom. The summed E-state index contributed by atoms with van der Waals surface area (Å²) in [6.07, 6.45) is 4.51. The summed E-state index contributed by atoms with van der Waals surface area (Å²) < 4.78 is 10.7. The SMILES string of the molecule is COc1ccc(-c2nnc(SCC(=O)NC3CCC(C)CC3)o2)cc1. The first-order chi connectivity index (χ1) is 12.1. The number of carbonyl (C=O) groups is 1. The molecule has 1 aromatic carbocycles. The molecule has 3 rings (SSSR count). The van der Waals surface area contributed by atoms with Crippen molar-refractivity contribution in [2.75, 3.05) is 12.9 Å². The van der Waals surface area contributed by atoms with E-state index in [1.165, 1.54) is 24.6 Å². The zero-order valence-electron chi connectivity index (χ0n) is 14.5. The molecule has 134 valence electrons. The summed E-state index contributed by atoms with van der Waals surface area (Å²) in [5, 5.41) is 11.5. The quantitative estimate of drug-likeness (QED) is 0.793. The molecule has 1 heterocycles. The van der Waals surface area contributed by atoms with Gasteiger partial charge < -0.3 is 14.5 Å². The molecule has 0 spiro atoms. The van der Waals surface area contributed by atoms with Gasteiger partial charge in [-0.05, 0) is 55.9 Å². The third-order valence-corrected chi connectivity index (χ3v) is 5.27. The van der Waals surface area contributed by atoms with Crippen molar-refractivity contribution in [2.45, 2.75) is 43.9 Å². The summed E-state index contributed by atoms with van der Waals surface area (Å²) in [4.78, 5) is 12.1. The number of ether oxygens (including phenoxy) is 1. The molecule has 1 amide bonds. The molecule has 0 saturated heterocycles. The van der Waals surface area contributed by atoms with E-state index in [0.717, 1.165) is 30.1 Å². The van der Waals surface area contributed by atoms with Gasteiger partial charge >= 0.3 is 0 Å². The van der Waals surface area contributed by atoms with Gasteiger partial charge in [-0.25, -0.2) is 0 Å². The fraction of sp³-hybridized carbons (Fsp3) is 0.500. The van der Waals surface area contributed by atoms with Crippen molar-refractivity contribution >= 4 is 17.7 Å². The van der Waals surface area contributed by atoms with E-state index in [4.69, 9.17) is 9.15 Å². The standard InChI is InChI=1S/C18H23N3O3S/c1-12-3-7-14(8-4-12)19-16(22)11-25-18-21-20-17(24-18)13-5-9-15(23-2)10-6-13/h5-6,9-10,12,14H,3-4,7-8,11H2,1-2H3,(H,19,22). The topological polar surface area (TPSA) is 77.2 Å². The van der Waals surface area contributed by atoms with Crippen LogP contribution in [-0.4, -0.2) is 35.0 Å². The lowest BCUT2D eigenvalue weighted by Gasteiger charge is -2.26. The van der Waals surface area contributed by atoms with E-state index >= 15 is 0 Å². The number of benzene rings is 1. The van der Waals surface area contributed by atoms with Crippen LogP contribution in [0.2, 0.25) is 0 Å². The minimum Gasteiger partial charge on any atom is -0.497 e. The zero-order valence-corrected chi connectivity index (χ0v) is 15.3. The second-order valence-corrected chi connectivity index (χ2v) is 7.34. The lowest BCUT2D eigenvalue weighted by Crippen LogP contribution is -2.38. The molecule has 0 radical (unpaired) electrons. The molecule has 2 aromatic rings. The van der Waals surface area contributed by atoms with Gasteiger partial charge in [-0.2, -0.15) is 0 Å². The highest BCUT2D eigenvalue weighted by atomic mass is 32.2. The number of thioether (sulfide) groups is 1. The average molecular weight is 361 g/mol. The highest BCUT2D eigenvalue weighted by Crippen LogP contribution is 2.26. The van der Waals surface area contributed by atoms with Crippen LogP contribution in [0, 0.1) is 5.92 Å². The number of amides is 1. The predicted molar refractivity (Wildman–Crippen MR) is 96.6 cm³/mol. The molecule has 0 aliphatic heterocycles. The van der Waals surface area contributed by atoms with Crippen LogP contribution < -0.4 is 10.1 Å². The summed E-state index contributed by atoms with van der Waals surface area (Å²) in [6.45, 7) is 2.27. The number of aromatic nitrogens is 2. The summed E-state index contributed by atoms with van der Waals surface area (Å²) in [5.74, 6) is 2.29. The Hall–Kier alpha value is -2.02. The molecule has 1 N–H and O–H groups in total. The minimum absolute atomic E-state index is 0.0220. The lowest BCUT2D eigenvalue weighted by molar-refractivity contribution is -0.119. The van der Waals surface area contributed by atoms with E-state index in [2.05, 4.69) is 22.4 Å². The maximum absolute atomic E-state index is 12.1. The fourth-order valence-electron chi connectivity index (χ4n) is 2.92. The van der Waals surface area contributed by atoms with Gasteiger partial charge in [0.2, 0.25) is 11.8 Å². The van der Waals surface area contributed by atoms with Crippen LogP contribution in [0.1, 0.15) is 32.6 Å². The Morgan fingerprint density at radius 2 is 1.96 bits per heavy atom. The number of nitrogens with zero attached hydrogens (tertiary/aromatic N) is 2. The molecular weight excluding hydrogens is 338 g/mol. The van der Waals surface area contributed by atoms with Gasteiger partial charge in [0.05, 0.1) is 12.9 Å². The Balaban J connectivity index is 1.48. The van der Waals surface area contributed by atoms with E-state index in [0.29, 0.717) is 17.2 Å². The second-order valence-electron chi connectivity index (χ2n) is 6.41. The Labute approximate surface area is 151 Å². The number of methoxy groups -OCH3 is 1. The largest absolute Gasteiger partial charge is 0.497 e. The minimum atomic E-state index is 0.0220. The van der Waals surface area contributed by atoms with Crippen molar-refractivity contribution in [2.24, 2.45) is 5.92 Å². The van der Waals surface area contributed by atoms with Crippen LogP contribution >= 0.6 is 11.8 Å². The van der Waals surface area contributed by atoms with Gasteiger partial charge in [-0.15, -0.1) is 10.2 Å². The Bertz CT molecular complexity index is 694. The Kier molecular flexibility index (Phi) is 5.96. The van der Waals surface area contributed by atoms with Gasteiger partial charge in [0, 0.05) is 11.6 Å². The summed E-state index contributed by atoms with van der Waals surface area (Å²) >= 11 is 1.26. The molecule has 6 nitrogen and oxygen atoms in total. The first-order valence-corrected chi connectivity index (χ1v) is 9.52. The fourth-order valence-corrected chi connectivity index (χ4v) is 3.49. The molecule has 0 atom stereocenters. The molecule has 1 saturated carbocycles. The van der Waals surface area contributed by atoms with E-state index in [-0.39, 0.29) is 11.7 Å². The van der Waals surface area contributed by atoms with Crippen LogP contribution in [0.25, 0.3) is 11.5 Å². The van der Waals surface area contributed by atoms with Crippen molar-refractivity contribution in [3.05, 3.63) is 24.3 Å². The van der Waals surface area contributed by atoms with Crippen molar-refractivity contribution in [3.8, 4) is 17.2 Å². The van der Waals surface area contributed by atoms with Crippen LogP contribution in [0.4, 0.5) is 0 Å². The number of hydrogen-bond donors (Lipinski definition) is 1. The molecule has 0 bridgehead atoms. The Morgan fingerprint density at radius 1 is 1.24 bits per heavy atom. The smallest absolute Gasteiger partial charge is 0.277 e. The molecule has 1 aromatic heterocycles. The molecule has 7 heteroatoms. The molecule has 1 fully saturated rings. The maximum atomic E-state index is 12.1. The van der Waals surface area contributed by atoms with Gasteiger partial charge in [0.25, 0.3) is 5.22 Å². The highest BCUT2D eigenvalue weighted by Gasteiger charge is 2.20. The van der Waals surface area contributed by atoms with Crippen LogP contribution in [0.3, 0.4) is 0 Å². The molecule has 1 aliphatic rings. The van der Waals surface area contributed by atoms with Gasteiger partial charge in [-0.3, -0.25) is 4.79 Å². The molecule has 1 aliphatic carbocycles. The third-order valence-electron chi connectivity index (χ3n) is 4.45. The molecule has 0 unspecified atom stereocenters. The lowest BCUT2D eigenvalue weighted by atomic mass is 9.87. The van der Waals surface area contributed by atoms with E-state index in [1.54, 1.807) is 7.11 Å². The van der Waals surface area contributed by atoms with E-state index in [9.17, 15) is 4.79 Å². The monoisotopic (exact) mass is 361 g/mol. The number of rotatable bonds is 6. The maximum Gasteiger partial charge on any atom is 0.277 e. The number of nitrogens with one attached hydrogen (secondary N) is 1. The van der Waals surface area contributed by atoms with Gasteiger partial charge in [0.1, 0.15) is 5.75 Å². The summed E-state index contributed by atoms with van der Waals surface area (Å²) in [6, 6.07) is 7.70. The van der Waals surface area contributed by atoms with E-state index < -0.39 is 0 Å². The predicted octanol–water partition coefficient (Wildman–Crippen LogP) is 3.53. The summed E-state index contributed by atoms with van der Waals surface area (Å²) in [5.41, 5.74) is 0.820. The summed E-state index contributed by atoms with van der Waals surface area (Å²) in [7, 11) is 1.62. The first kappa shape index (κ1) is 17.8. The number of carbonyl (C=O) groups excluding carboxylic acids is 1. The highest BCUT2D eigenvalue weighted by molar-refractivity contribution is 7.99. The van der Waals surface area contributed by atoms with Crippen LogP contribution in [0.5, 0.6) is 5.75 Å². The second kappa shape index (κ2) is 8.38. The zero-order chi connectivity index (χ0) is 17.6. The third kappa shape index (κ3) is 4.98. The first-order valence-electron chi connectivity index (χ1n) is 8.54. The normalized spacial score (nSPS) is 20.2.